The number of ether oxygens (including phenoxy) is 3. The van der Waals surface area contributed by atoms with Crippen molar-refractivity contribution in [1.82, 2.24) is 0 Å². The number of anilines is 1. The molecule has 2 atom stereocenters. The Kier molecular flexibility index (Phi) is 7.84. The third-order valence-corrected chi connectivity index (χ3v) is 8.26. The second kappa shape index (κ2) is 11.3. The van der Waals surface area contributed by atoms with Crippen LogP contribution < -0.4 is 14.8 Å². The number of carbonyl (C=O) groups excluding carboxylic acids is 1. The molecule has 0 bridgehead atoms. The Balaban J connectivity index is 1.23. The maximum atomic E-state index is 11.9. The number of aryl methyl sites for hydroxylation is 1. The highest BCUT2D eigenvalue weighted by Crippen LogP contribution is 2.48. The van der Waals surface area contributed by atoms with E-state index in [1.54, 1.807) is 0 Å². The zero-order valence-corrected chi connectivity index (χ0v) is 23.5. The van der Waals surface area contributed by atoms with Crippen LogP contribution in [0.3, 0.4) is 0 Å². The van der Waals surface area contributed by atoms with Crippen LogP contribution in [0.25, 0.3) is 11.1 Å². The molecule has 7 nitrogen and oxygen atoms in total. The van der Waals surface area contributed by atoms with Crippen molar-refractivity contribution in [2.45, 2.75) is 45.8 Å². The Morgan fingerprint density at radius 3 is 2.64 bits per heavy atom. The van der Waals surface area contributed by atoms with Gasteiger partial charge in [0.25, 0.3) is 0 Å². The van der Waals surface area contributed by atoms with Crippen molar-refractivity contribution < 1.29 is 27.4 Å². The minimum atomic E-state index is -2.99. The van der Waals surface area contributed by atoms with Gasteiger partial charge in [0.05, 0.1) is 24.9 Å². The highest BCUT2D eigenvalue weighted by Gasteiger charge is 2.45. The molecular formula is C31H35NO6S. The van der Waals surface area contributed by atoms with Crippen LogP contribution in [0.2, 0.25) is 0 Å². The number of nitrogens with one attached hydrogen (secondary N) is 1. The fourth-order valence-corrected chi connectivity index (χ4v) is 5.85. The summed E-state index contributed by atoms with van der Waals surface area (Å²) in [7, 11) is -2.99. The van der Waals surface area contributed by atoms with Gasteiger partial charge in [0.15, 0.2) is 0 Å². The minimum absolute atomic E-state index is 0.00433. The van der Waals surface area contributed by atoms with Crippen molar-refractivity contribution in [3.05, 3.63) is 76.9 Å². The van der Waals surface area contributed by atoms with Crippen LogP contribution >= 0.6 is 0 Å². The first kappa shape index (κ1) is 27.1. The number of rotatable bonds is 11. The predicted octanol–water partition coefficient (Wildman–Crippen LogP) is 5.65. The van der Waals surface area contributed by atoms with E-state index in [-0.39, 0.29) is 23.6 Å². The zero-order chi connectivity index (χ0) is 27.6. The first-order chi connectivity index (χ1) is 18.7. The summed E-state index contributed by atoms with van der Waals surface area (Å²) in [5.41, 5.74) is 7.71. The fraction of sp³-hybridized carbons (Fsp3) is 0.387. The standard InChI is InChI=1S/C31H35NO6S/c1-4-36-31(33)27-17-26(27)22-7-9-24(10-8-22)32-18-21-6-11-29-28(15-21)30-20(2)14-25(16-23(30)19-38-29)37-12-5-13-39(3,34)35/h6-11,14-16,26-27,32H,4-5,12-13,17-19H2,1-3H3/t26-,27+/m1/s1. The molecule has 1 saturated carbocycles. The minimum Gasteiger partial charge on any atom is -0.494 e. The summed E-state index contributed by atoms with van der Waals surface area (Å²) in [5, 5.41) is 3.50. The third-order valence-electron chi connectivity index (χ3n) is 7.23. The summed E-state index contributed by atoms with van der Waals surface area (Å²) >= 11 is 0. The summed E-state index contributed by atoms with van der Waals surface area (Å²) in [5.74, 6) is 1.88. The van der Waals surface area contributed by atoms with Crippen molar-refractivity contribution in [2.75, 3.05) is 30.5 Å². The summed E-state index contributed by atoms with van der Waals surface area (Å²) in [4.78, 5) is 11.9. The van der Waals surface area contributed by atoms with Crippen LogP contribution in [0, 0.1) is 12.8 Å². The molecule has 2 aliphatic rings. The van der Waals surface area contributed by atoms with Gasteiger partial charge in [-0.3, -0.25) is 4.79 Å². The number of esters is 1. The van der Waals surface area contributed by atoms with Crippen molar-refractivity contribution in [1.29, 1.82) is 0 Å². The van der Waals surface area contributed by atoms with Gasteiger partial charge in [-0.25, -0.2) is 8.42 Å². The number of carbonyl (C=O) groups is 1. The average Bonchev–Trinajstić information content (AvgIpc) is 3.71. The van der Waals surface area contributed by atoms with Gasteiger partial charge in [0.1, 0.15) is 27.9 Å². The maximum Gasteiger partial charge on any atom is 0.309 e. The molecule has 5 rings (SSSR count). The summed E-state index contributed by atoms with van der Waals surface area (Å²) in [6.45, 7) is 5.81. The van der Waals surface area contributed by atoms with E-state index in [9.17, 15) is 13.2 Å². The summed E-state index contributed by atoms with van der Waals surface area (Å²) in [6.07, 6.45) is 2.56. The average molecular weight is 550 g/mol. The molecule has 206 valence electrons. The van der Waals surface area contributed by atoms with Crippen LogP contribution in [0.1, 0.15) is 47.9 Å². The van der Waals surface area contributed by atoms with Crippen LogP contribution in [0.15, 0.2) is 54.6 Å². The van der Waals surface area contributed by atoms with E-state index in [2.05, 4.69) is 48.6 Å². The molecule has 39 heavy (non-hydrogen) atoms. The van der Waals surface area contributed by atoms with Crippen molar-refractivity contribution in [3.63, 3.8) is 0 Å². The number of benzene rings is 3. The smallest absolute Gasteiger partial charge is 0.309 e. The van der Waals surface area contributed by atoms with Crippen LogP contribution in [0.4, 0.5) is 5.69 Å². The molecule has 0 spiro atoms. The molecule has 8 heteroatoms. The lowest BCUT2D eigenvalue weighted by Crippen LogP contribution is -2.10. The molecular weight excluding hydrogens is 514 g/mol. The summed E-state index contributed by atoms with van der Waals surface area (Å²) in [6, 6.07) is 18.6. The van der Waals surface area contributed by atoms with Gasteiger partial charge in [-0.1, -0.05) is 18.2 Å². The van der Waals surface area contributed by atoms with E-state index in [0.29, 0.717) is 32.8 Å². The van der Waals surface area contributed by atoms with Gasteiger partial charge in [0.2, 0.25) is 0 Å². The second-order valence-electron chi connectivity index (χ2n) is 10.4. The normalized spacial score (nSPS) is 17.4. The highest BCUT2D eigenvalue weighted by atomic mass is 32.2. The molecule has 0 unspecified atom stereocenters. The molecule has 1 N–H and O–H groups in total. The first-order valence-corrected chi connectivity index (χ1v) is 15.5. The van der Waals surface area contributed by atoms with Gasteiger partial charge in [-0.15, -0.1) is 0 Å². The number of fused-ring (bicyclic) bond motifs is 3. The van der Waals surface area contributed by atoms with Crippen molar-refractivity contribution in [2.24, 2.45) is 5.92 Å². The monoisotopic (exact) mass is 549 g/mol. The van der Waals surface area contributed by atoms with Gasteiger partial charge in [0, 0.05) is 29.6 Å². The molecule has 1 aliphatic heterocycles. The Morgan fingerprint density at radius 1 is 1.10 bits per heavy atom. The molecule has 1 aliphatic carbocycles. The van der Waals surface area contributed by atoms with E-state index in [0.717, 1.165) is 51.4 Å². The van der Waals surface area contributed by atoms with Crippen LogP contribution in [0.5, 0.6) is 11.5 Å². The van der Waals surface area contributed by atoms with E-state index in [1.807, 2.05) is 25.1 Å². The fourth-order valence-electron chi connectivity index (χ4n) is 5.21. The molecule has 0 radical (unpaired) electrons. The molecule has 1 fully saturated rings. The SMILES string of the molecule is CCOC(=O)[C@H]1C[C@@H]1c1ccc(NCc2ccc3c(c2)-c2c(C)cc(OCCCS(C)(=O)=O)cc2CO3)cc1. The third kappa shape index (κ3) is 6.56. The van der Waals surface area contributed by atoms with E-state index >= 15 is 0 Å². The molecule has 3 aromatic rings. The Hall–Kier alpha value is -3.52. The highest BCUT2D eigenvalue weighted by molar-refractivity contribution is 7.90. The van der Waals surface area contributed by atoms with Gasteiger partial charge in [-0.2, -0.15) is 0 Å². The molecule has 1 heterocycles. The number of sulfone groups is 1. The topological polar surface area (TPSA) is 90.9 Å². The Morgan fingerprint density at radius 2 is 1.90 bits per heavy atom. The number of hydrogen-bond donors (Lipinski definition) is 1. The molecule has 3 aromatic carbocycles. The predicted molar refractivity (Wildman–Crippen MR) is 152 cm³/mol. The van der Waals surface area contributed by atoms with Crippen molar-refractivity contribution in [3.8, 4) is 22.6 Å². The van der Waals surface area contributed by atoms with Crippen LogP contribution in [-0.2, 0) is 32.5 Å². The molecule has 0 amide bonds. The van der Waals surface area contributed by atoms with E-state index < -0.39 is 9.84 Å². The second-order valence-corrected chi connectivity index (χ2v) is 12.7. The summed E-state index contributed by atoms with van der Waals surface area (Å²) < 4.78 is 39.8. The molecule has 0 saturated heterocycles. The van der Waals surface area contributed by atoms with Crippen LogP contribution in [-0.4, -0.2) is 39.6 Å². The van der Waals surface area contributed by atoms with Crippen molar-refractivity contribution >= 4 is 21.5 Å². The Bertz CT molecular complexity index is 1470. The lowest BCUT2D eigenvalue weighted by molar-refractivity contribution is -0.144. The van der Waals surface area contributed by atoms with Gasteiger partial charge < -0.3 is 19.5 Å². The first-order valence-electron chi connectivity index (χ1n) is 13.4. The Labute approximate surface area is 230 Å². The lowest BCUT2D eigenvalue weighted by atomic mass is 9.91. The van der Waals surface area contributed by atoms with E-state index in [4.69, 9.17) is 14.2 Å². The number of hydrogen-bond acceptors (Lipinski definition) is 7. The zero-order valence-electron chi connectivity index (χ0n) is 22.7. The van der Waals surface area contributed by atoms with Gasteiger partial charge in [-0.05, 0) is 91.3 Å². The lowest BCUT2D eigenvalue weighted by Gasteiger charge is -2.24. The maximum absolute atomic E-state index is 11.9. The quantitative estimate of drug-likeness (QED) is 0.244. The largest absolute Gasteiger partial charge is 0.494 e. The van der Waals surface area contributed by atoms with Gasteiger partial charge >= 0.3 is 5.97 Å². The van der Waals surface area contributed by atoms with E-state index in [1.165, 1.54) is 11.8 Å². The molecule has 0 aromatic heterocycles.